The van der Waals surface area contributed by atoms with Gasteiger partial charge in [-0.3, -0.25) is 0 Å². The molecule has 1 aromatic rings. The normalized spacial score (nSPS) is 23.2. The van der Waals surface area contributed by atoms with Gasteiger partial charge in [0.25, 0.3) is 0 Å². The molecule has 2 heteroatoms. The second kappa shape index (κ2) is 4.24. The smallest absolute Gasteiger partial charge is 0.129 e. The Hall–Kier alpha value is -1.02. The van der Waals surface area contributed by atoms with Gasteiger partial charge in [-0.25, -0.2) is 0 Å². The number of fused-ring (bicyclic) bond motifs is 1. The first-order valence-electron chi connectivity index (χ1n) is 7.05. The van der Waals surface area contributed by atoms with E-state index in [1.165, 1.54) is 11.1 Å². The van der Waals surface area contributed by atoms with Crippen LogP contribution in [0.3, 0.4) is 0 Å². The van der Waals surface area contributed by atoms with E-state index >= 15 is 0 Å². The van der Waals surface area contributed by atoms with Crippen molar-refractivity contribution in [3.8, 4) is 5.75 Å². The van der Waals surface area contributed by atoms with E-state index in [-0.39, 0.29) is 16.9 Å². The summed E-state index contributed by atoms with van der Waals surface area (Å²) in [4.78, 5) is 0. The minimum atomic E-state index is -0.515. The summed E-state index contributed by atoms with van der Waals surface area (Å²) >= 11 is 0. The fraction of sp³-hybridized carbons (Fsp3) is 0.647. The van der Waals surface area contributed by atoms with Gasteiger partial charge in [-0.15, -0.1) is 0 Å². The van der Waals surface area contributed by atoms with Crippen molar-refractivity contribution >= 4 is 0 Å². The highest BCUT2D eigenvalue weighted by molar-refractivity contribution is 5.52. The number of aliphatic hydroxyl groups is 1. The summed E-state index contributed by atoms with van der Waals surface area (Å²) in [7, 11) is 0. The first-order chi connectivity index (χ1) is 8.51. The van der Waals surface area contributed by atoms with Crippen LogP contribution in [0.4, 0.5) is 0 Å². The van der Waals surface area contributed by atoms with Gasteiger partial charge in [0.1, 0.15) is 18.0 Å². The number of hydrogen-bond acceptors (Lipinski definition) is 2. The summed E-state index contributed by atoms with van der Waals surface area (Å²) in [6.45, 7) is 15.1. The minimum Gasteiger partial charge on any atom is -0.487 e. The molecule has 0 aromatic heterocycles. The van der Waals surface area contributed by atoms with E-state index in [9.17, 15) is 5.11 Å². The summed E-state index contributed by atoms with van der Waals surface area (Å²) in [6.07, 6.45) is -0.676. The molecule has 0 fully saturated rings. The summed E-state index contributed by atoms with van der Waals surface area (Å²) < 4.78 is 5.89. The molecule has 0 bridgehead atoms. The van der Waals surface area contributed by atoms with Gasteiger partial charge in [-0.05, 0) is 29.4 Å². The maximum Gasteiger partial charge on any atom is 0.129 e. The van der Waals surface area contributed by atoms with Crippen LogP contribution in [0.15, 0.2) is 12.1 Å². The molecule has 1 aliphatic heterocycles. The molecule has 0 spiro atoms. The molecule has 1 aliphatic rings. The molecule has 0 radical (unpaired) electrons. The highest BCUT2D eigenvalue weighted by atomic mass is 16.5. The zero-order valence-corrected chi connectivity index (χ0v) is 13.2. The molecule has 1 N–H and O–H groups in total. The third-order valence-electron chi connectivity index (χ3n) is 3.86. The first kappa shape index (κ1) is 14.4. The van der Waals surface area contributed by atoms with E-state index in [0.717, 1.165) is 11.3 Å². The Morgan fingerprint density at radius 2 is 1.58 bits per heavy atom. The van der Waals surface area contributed by atoms with Gasteiger partial charge in [0.15, 0.2) is 0 Å². The maximum atomic E-state index is 10.3. The lowest BCUT2D eigenvalue weighted by molar-refractivity contribution is 0.0789. The highest BCUT2D eigenvalue weighted by Gasteiger charge is 2.35. The van der Waals surface area contributed by atoms with E-state index in [1.54, 1.807) is 0 Å². The van der Waals surface area contributed by atoms with Crippen molar-refractivity contribution in [3.63, 3.8) is 0 Å². The van der Waals surface area contributed by atoms with Crippen LogP contribution < -0.4 is 4.74 Å². The Bertz CT molecular complexity index is 489. The van der Waals surface area contributed by atoms with Crippen molar-refractivity contribution in [3.05, 3.63) is 28.8 Å². The van der Waals surface area contributed by atoms with Gasteiger partial charge in [0.2, 0.25) is 0 Å². The minimum absolute atomic E-state index is 0.00905. The van der Waals surface area contributed by atoms with Crippen LogP contribution in [-0.2, 0) is 10.8 Å². The summed E-state index contributed by atoms with van der Waals surface area (Å²) in [5.74, 6) is 0.889. The number of rotatable bonds is 0. The summed E-state index contributed by atoms with van der Waals surface area (Å²) in [5, 5.41) is 10.3. The second-order valence-electron chi connectivity index (χ2n) is 7.71. The summed E-state index contributed by atoms with van der Waals surface area (Å²) in [6, 6.07) is 4.35. The number of ether oxygens (including phenoxy) is 1. The van der Waals surface area contributed by atoms with Gasteiger partial charge in [0.05, 0.1) is 0 Å². The van der Waals surface area contributed by atoms with Gasteiger partial charge >= 0.3 is 0 Å². The molecule has 1 heterocycles. The Balaban J connectivity index is 2.68. The second-order valence-corrected chi connectivity index (χ2v) is 7.71. The van der Waals surface area contributed by atoms with E-state index in [2.05, 4.69) is 53.7 Å². The third kappa shape index (κ3) is 2.51. The largest absolute Gasteiger partial charge is 0.487 e. The van der Waals surface area contributed by atoms with E-state index in [0.29, 0.717) is 0 Å². The Kier molecular flexibility index (Phi) is 3.21. The molecule has 106 valence electrons. The molecule has 0 aliphatic carbocycles. The lowest BCUT2D eigenvalue weighted by Gasteiger charge is -2.27. The van der Waals surface area contributed by atoms with Gasteiger partial charge < -0.3 is 9.84 Å². The molecule has 19 heavy (non-hydrogen) atoms. The van der Waals surface area contributed by atoms with Gasteiger partial charge in [-0.2, -0.15) is 0 Å². The quantitative estimate of drug-likeness (QED) is 0.763. The van der Waals surface area contributed by atoms with E-state index in [1.807, 2.05) is 6.92 Å². The fourth-order valence-electron chi connectivity index (χ4n) is 2.50. The molecule has 2 atom stereocenters. The van der Waals surface area contributed by atoms with Crippen molar-refractivity contribution < 1.29 is 9.84 Å². The van der Waals surface area contributed by atoms with Crippen molar-refractivity contribution in [1.82, 2.24) is 0 Å². The summed E-state index contributed by atoms with van der Waals surface area (Å²) in [5.41, 5.74) is 3.48. The average molecular weight is 262 g/mol. The predicted octanol–water partition coefficient (Wildman–Crippen LogP) is 4.10. The molecule has 2 rings (SSSR count). The van der Waals surface area contributed by atoms with Crippen LogP contribution in [-0.4, -0.2) is 11.2 Å². The fourth-order valence-corrected chi connectivity index (χ4v) is 2.50. The molecular formula is C17H26O2. The topological polar surface area (TPSA) is 29.5 Å². The Morgan fingerprint density at radius 3 is 2.05 bits per heavy atom. The molecule has 0 amide bonds. The molecular weight excluding hydrogens is 236 g/mol. The zero-order valence-electron chi connectivity index (χ0n) is 13.2. The molecule has 1 aromatic carbocycles. The number of benzene rings is 1. The lowest BCUT2D eigenvalue weighted by Crippen LogP contribution is -2.17. The number of hydrogen-bond donors (Lipinski definition) is 1. The lowest BCUT2D eigenvalue weighted by atomic mass is 9.78. The van der Waals surface area contributed by atoms with Crippen LogP contribution in [0, 0.1) is 0 Å². The Morgan fingerprint density at radius 1 is 1.00 bits per heavy atom. The number of aliphatic hydroxyl groups excluding tert-OH is 1. The predicted molar refractivity (Wildman–Crippen MR) is 78.9 cm³/mol. The molecule has 2 unspecified atom stereocenters. The molecule has 0 saturated heterocycles. The van der Waals surface area contributed by atoms with Crippen LogP contribution in [0.5, 0.6) is 5.75 Å². The van der Waals surface area contributed by atoms with Crippen LogP contribution >= 0.6 is 0 Å². The van der Waals surface area contributed by atoms with Crippen molar-refractivity contribution in [2.45, 2.75) is 71.5 Å². The van der Waals surface area contributed by atoms with Gasteiger partial charge in [0, 0.05) is 11.1 Å². The van der Waals surface area contributed by atoms with Gasteiger partial charge in [-0.1, -0.05) is 47.6 Å². The molecule has 2 nitrogen and oxygen atoms in total. The van der Waals surface area contributed by atoms with Crippen molar-refractivity contribution in [2.24, 2.45) is 0 Å². The SMILES string of the molecule is CC1Oc2c(cc(C(C)(C)C)cc2C(C)(C)C)C1O. The van der Waals surface area contributed by atoms with E-state index < -0.39 is 6.10 Å². The monoisotopic (exact) mass is 262 g/mol. The standard InChI is InChI=1S/C17H26O2/c1-10-14(18)12-8-11(16(2,3)4)9-13(15(12)19-10)17(5,6)7/h8-10,14,18H,1-7H3. The maximum absolute atomic E-state index is 10.3. The van der Waals surface area contributed by atoms with E-state index in [4.69, 9.17) is 4.74 Å². The van der Waals surface area contributed by atoms with Crippen LogP contribution in [0.25, 0.3) is 0 Å². The molecule has 0 saturated carbocycles. The van der Waals surface area contributed by atoms with Crippen molar-refractivity contribution in [1.29, 1.82) is 0 Å². The Labute approximate surface area is 116 Å². The average Bonchev–Trinajstić information content (AvgIpc) is 2.51. The highest BCUT2D eigenvalue weighted by Crippen LogP contribution is 2.45. The first-order valence-corrected chi connectivity index (χ1v) is 7.05. The van der Waals surface area contributed by atoms with Crippen LogP contribution in [0.1, 0.15) is 71.3 Å². The van der Waals surface area contributed by atoms with Crippen molar-refractivity contribution in [2.75, 3.05) is 0 Å². The zero-order chi connectivity index (χ0) is 14.6. The third-order valence-corrected chi connectivity index (χ3v) is 3.86. The van der Waals surface area contributed by atoms with Crippen LogP contribution in [0.2, 0.25) is 0 Å².